The second-order valence-electron chi connectivity index (χ2n) is 7.10. The molecule has 0 aliphatic carbocycles. The molecule has 0 radical (unpaired) electrons. The number of rotatable bonds is 7. The van der Waals surface area contributed by atoms with Crippen LogP contribution in [0.25, 0.3) is 0 Å². The molecule has 1 aliphatic rings. The molecule has 3 N–H and O–H groups in total. The number of carbonyl (C=O) groups is 1. The SMILES string of the molecule is Cc1cccc(C(CNC(=O)CC(N)c2ccccc2)N2CCOCC2)c1.Cl.Cl. The highest BCUT2D eigenvalue weighted by molar-refractivity contribution is 5.85. The van der Waals surface area contributed by atoms with E-state index in [1.54, 1.807) is 0 Å². The van der Waals surface area contributed by atoms with Crippen LogP contribution in [-0.4, -0.2) is 43.7 Å². The first kappa shape index (κ1) is 25.4. The molecule has 3 rings (SSSR count). The molecule has 1 heterocycles. The lowest BCUT2D eigenvalue weighted by atomic mass is 10.0. The fourth-order valence-corrected chi connectivity index (χ4v) is 3.52. The molecule has 160 valence electrons. The van der Waals surface area contributed by atoms with Gasteiger partial charge in [0.05, 0.1) is 19.3 Å². The summed E-state index contributed by atoms with van der Waals surface area (Å²) in [6.07, 6.45) is 0.285. The fourth-order valence-electron chi connectivity index (χ4n) is 3.52. The number of nitrogens with zero attached hydrogens (tertiary/aromatic N) is 1. The van der Waals surface area contributed by atoms with Crippen LogP contribution in [0.4, 0.5) is 0 Å². The van der Waals surface area contributed by atoms with E-state index in [1.165, 1.54) is 11.1 Å². The van der Waals surface area contributed by atoms with Crippen LogP contribution in [0, 0.1) is 6.92 Å². The van der Waals surface area contributed by atoms with Crippen molar-refractivity contribution in [2.24, 2.45) is 5.73 Å². The lowest BCUT2D eigenvalue weighted by Crippen LogP contribution is -2.44. The van der Waals surface area contributed by atoms with Crippen molar-refractivity contribution in [3.8, 4) is 0 Å². The number of morpholine rings is 1. The Bertz CT molecular complexity index is 740. The Labute approximate surface area is 185 Å². The summed E-state index contributed by atoms with van der Waals surface area (Å²) in [5.74, 6) is -0.0164. The standard InChI is InChI=1S/C22H29N3O2.2ClH/c1-17-6-5-9-19(14-17)21(25-10-12-27-13-11-25)16-24-22(26)15-20(23)18-7-3-2-4-8-18;;/h2-9,14,20-21H,10-13,15-16,23H2,1H3,(H,24,26);2*1H. The fraction of sp³-hybridized carbons (Fsp3) is 0.409. The Morgan fingerprint density at radius 3 is 2.38 bits per heavy atom. The molecule has 2 atom stereocenters. The van der Waals surface area contributed by atoms with Crippen LogP contribution in [0.15, 0.2) is 54.6 Å². The maximum atomic E-state index is 12.5. The third kappa shape index (κ3) is 7.61. The smallest absolute Gasteiger partial charge is 0.221 e. The highest BCUT2D eigenvalue weighted by atomic mass is 35.5. The van der Waals surface area contributed by atoms with Crippen molar-refractivity contribution in [3.05, 3.63) is 71.3 Å². The highest BCUT2D eigenvalue weighted by Crippen LogP contribution is 2.22. The van der Waals surface area contributed by atoms with Crippen LogP contribution < -0.4 is 11.1 Å². The molecule has 2 aromatic carbocycles. The topological polar surface area (TPSA) is 67.6 Å². The van der Waals surface area contributed by atoms with Crippen LogP contribution in [0.1, 0.15) is 35.2 Å². The van der Waals surface area contributed by atoms with Gasteiger partial charge in [0.2, 0.25) is 5.91 Å². The molecule has 2 unspecified atom stereocenters. The Morgan fingerprint density at radius 2 is 1.72 bits per heavy atom. The van der Waals surface area contributed by atoms with Gasteiger partial charge in [-0.3, -0.25) is 9.69 Å². The summed E-state index contributed by atoms with van der Waals surface area (Å²) < 4.78 is 5.49. The molecule has 0 spiro atoms. The Hall–Kier alpha value is -1.63. The monoisotopic (exact) mass is 439 g/mol. The predicted octanol–water partition coefficient (Wildman–Crippen LogP) is 3.42. The van der Waals surface area contributed by atoms with E-state index in [9.17, 15) is 4.79 Å². The van der Waals surface area contributed by atoms with Gasteiger partial charge in [0.25, 0.3) is 0 Å². The van der Waals surface area contributed by atoms with E-state index in [2.05, 4.69) is 41.4 Å². The summed E-state index contributed by atoms with van der Waals surface area (Å²) in [5.41, 5.74) is 9.62. The van der Waals surface area contributed by atoms with Crippen LogP contribution in [0.5, 0.6) is 0 Å². The van der Waals surface area contributed by atoms with Gasteiger partial charge in [-0.05, 0) is 18.1 Å². The molecular weight excluding hydrogens is 409 g/mol. The maximum Gasteiger partial charge on any atom is 0.221 e. The molecule has 7 heteroatoms. The van der Waals surface area contributed by atoms with Crippen molar-refractivity contribution in [2.45, 2.75) is 25.4 Å². The normalized spacial score (nSPS) is 16.1. The Kier molecular flexibility index (Phi) is 11.2. The molecule has 1 amide bonds. The lowest BCUT2D eigenvalue weighted by Gasteiger charge is -2.35. The van der Waals surface area contributed by atoms with Gasteiger partial charge >= 0.3 is 0 Å². The summed E-state index contributed by atoms with van der Waals surface area (Å²) in [6, 6.07) is 18.1. The lowest BCUT2D eigenvalue weighted by molar-refractivity contribution is -0.121. The zero-order chi connectivity index (χ0) is 19.1. The van der Waals surface area contributed by atoms with Crippen LogP contribution >= 0.6 is 24.8 Å². The molecular formula is C22H31Cl2N3O2. The first-order chi connectivity index (χ1) is 13.1. The summed E-state index contributed by atoms with van der Waals surface area (Å²) in [4.78, 5) is 14.9. The molecule has 5 nitrogen and oxygen atoms in total. The second kappa shape index (κ2) is 12.8. The van der Waals surface area contributed by atoms with Crippen LogP contribution in [0.2, 0.25) is 0 Å². The van der Waals surface area contributed by atoms with E-state index in [-0.39, 0.29) is 49.2 Å². The van der Waals surface area contributed by atoms with E-state index in [0.717, 1.165) is 31.9 Å². The number of carbonyl (C=O) groups excluding carboxylic acids is 1. The number of amides is 1. The molecule has 0 aromatic heterocycles. The van der Waals surface area contributed by atoms with Gasteiger partial charge < -0.3 is 15.8 Å². The van der Waals surface area contributed by atoms with E-state index < -0.39 is 0 Å². The second-order valence-corrected chi connectivity index (χ2v) is 7.10. The predicted molar refractivity (Wildman–Crippen MR) is 122 cm³/mol. The number of ether oxygens (including phenoxy) is 1. The number of aryl methyl sites for hydroxylation is 1. The van der Waals surface area contributed by atoms with Gasteiger partial charge in [-0.2, -0.15) is 0 Å². The van der Waals surface area contributed by atoms with Crippen molar-refractivity contribution in [1.82, 2.24) is 10.2 Å². The molecule has 0 bridgehead atoms. The first-order valence-corrected chi connectivity index (χ1v) is 9.59. The maximum absolute atomic E-state index is 12.5. The van der Waals surface area contributed by atoms with Gasteiger partial charge in [-0.25, -0.2) is 0 Å². The highest BCUT2D eigenvalue weighted by Gasteiger charge is 2.23. The summed E-state index contributed by atoms with van der Waals surface area (Å²) >= 11 is 0. The first-order valence-electron chi connectivity index (χ1n) is 9.59. The average Bonchev–Trinajstić information content (AvgIpc) is 2.70. The van der Waals surface area contributed by atoms with E-state index in [0.29, 0.717) is 6.54 Å². The van der Waals surface area contributed by atoms with Crippen molar-refractivity contribution in [3.63, 3.8) is 0 Å². The molecule has 1 aliphatic heterocycles. The van der Waals surface area contributed by atoms with Gasteiger partial charge in [-0.15, -0.1) is 24.8 Å². The average molecular weight is 440 g/mol. The van der Waals surface area contributed by atoms with Crippen molar-refractivity contribution in [1.29, 1.82) is 0 Å². The van der Waals surface area contributed by atoms with Crippen molar-refractivity contribution < 1.29 is 9.53 Å². The molecule has 2 aromatic rings. The molecule has 0 saturated carbocycles. The van der Waals surface area contributed by atoms with E-state index >= 15 is 0 Å². The van der Waals surface area contributed by atoms with Crippen molar-refractivity contribution >= 4 is 30.7 Å². The molecule has 1 saturated heterocycles. The minimum absolute atomic E-state index is 0. The van der Waals surface area contributed by atoms with Crippen LogP contribution in [0.3, 0.4) is 0 Å². The number of hydrogen-bond donors (Lipinski definition) is 2. The number of halogens is 2. The third-order valence-electron chi connectivity index (χ3n) is 5.04. The number of hydrogen-bond acceptors (Lipinski definition) is 4. The van der Waals surface area contributed by atoms with Gasteiger partial charge in [-0.1, -0.05) is 60.2 Å². The van der Waals surface area contributed by atoms with Crippen LogP contribution in [-0.2, 0) is 9.53 Å². The summed E-state index contributed by atoms with van der Waals surface area (Å²) in [6.45, 7) is 5.88. The van der Waals surface area contributed by atoms with Gasteiger partial charge in [0, 0.05) is 32.1 Å². The van der Waals surface area contributed by atoms with E-state index in [4.69, 9.17) is 10.5 Å². The van der Waals surface area contributed by atoms with E-state index in [1.807, 2.05) is 30.3 Å². The summed E-state index contributed by atoms with van der Waals surface area (Å²) in [5, 5.41) is 3.10. The number of benzene rings is 2. The quantitative estimate of drug-likeness (QED) is 0.693. The molecule has 29 heavy (non-hydrogen) atoms. The zero-order valence-corrected chi connectivity index (χ0v) is 18.4. The minimum Gasteiger partial charge on any atom is -0.379 e. The number of nitrogens with one attached hydrogen (secondary N) is 1. The van der Waals surface area contributed by atoms with Crippen molar-refractivity contribution in [2.75, 3.05) is 32.8 Å². The zero-order valence-electron chi connectivity index (χ0n) is 16.8. The Morgan fingerprint density at radius 1 is 1.07 bits per heavy atom. The minimum atomic E-state index is -0.285. The summed E-state index contributed by atoms with van der Waals surface area (Å²) in [7, 11) is 0. The largest absolute Gasteiger partial charge is 0.379 e. The Balaban J connectivity index is 0.00000210. The van der Waals surface area contributed by atoms with Gasteiger partial charge in [0.15, 0.2) is 0 Å². The molecule has 1 fully saturated rings. The van der Waals surface area contributed by atoms with Gasteiger partial charge in [0.1, 0.15) is 0 Å². The third-order valence-corrected chi connectivity index (χ3v) is 5.04. The number of nitrogens with two attached hydrogens (primary N) is 1.